The highest BCUT2D eigenvalue weighted by Gasteiger charge is 2.18. The van der Waals surface area contributed by atoms with Crippen molar-refractivity contribution >= 4 is 17.3 Å². The lowest BCUT2D eigenvalue weighted by molar-refractivity contribution is 0.416. The average Bonchev–Trinajstić information content (AvgIpc) is 3.02. The summed E-state index contributed by atoms with van der Waals surface area (Å²) in [5.41, 5.74) is 5.20. The fourth-order valence-corrected chi connectivity index (χ4v) is 3.46. The molecule has 3 aromatic rings. The molecule has 1 N–H and O–H groups in total. The van der Waals surface area contributed by atoms with Crippen LogP contribution >= 0.6 is 0 Å². The van der Waals surface area contributed by atoms with E-state index >= 15 is 0 Å². The summed E-state index contributed by atoms with van der Waals surface area (Å²) in [5.74, 6) is 2.61. The largest absolute Gasteiger partial charge is 0.495 e. The van der Waals surface area contributed by atoms with Crippen molar-refractivity contribution in [2.45, 2.75) is 53.4 Å². The number of hydrogen-bond donors (Lipinski definition) is 1. The van der Waals surface area contributed by atoms with Crippen LogP contribution in [0, 0.1) is 20.8 Å². The van der Waals surface area contributed by atoms with E-state index in [1.54, 1.807) is 11.6 Å². The zero-order chi connectivity index (χ0) is 18.8. The van der Waals surface area contributed by atoms with Gasteiger partial charge in [0.2, 0.25) is 5.95 Å². The predicted octanol–water partition coefficient (Wildman–Crippen LogP) is 4.71. The van der Waals surface area contributed by atoms with E-state index in [1.807, 2.05) is 19.2 Å². The minimum Gasteiger partial charge on any atom is -0.495 e. The van der Waals surface area contributed by atoms with Crippen molar-refractivity contribution in [1.82, 2.24) is 19.6 Å². The molecule has 0 fully saturated rings. The molecule has 0 aliphatic rings. The molecule has 0 amide bonds. The van der Waals surface area contributed by atoms with E-state index in [0.717, 1.165) is 46.9 Å². The minimum atomic E-state index is 0.449. The molecule has 138 valence electrons. The fraction of sp³-hybridized carbons (Fsp3) is 0.450. The van der Waals surface area contributed by atoms with Gasteiger partial charge in [0, 0.05) is 5.56 Å². The van der Waals surface area contributed by atoms with Gasteiger partial charge in [0.05, 0.1) is 19.0 Å². The van der Waals surface area contributed by atoms with Crippen molar-refractivity contribution in [3.8, 4) is 5.75 Å². The Hall–Kier alpha value is -2.63. The van der Waals surface area contributed by atoms with Crippen LogP contribution in [-0.4, -0.2) is 26.7 Å². The second kappa shape index (κ2) is 7.32. The lowest BCUT2D eigenvalue weighted by Gasteiger charge is -2.16. The van der Waals surface area contributed by atoms with Gasteiger partial charge in [-0.25, -0.2) is 4.98 Å². The third kappa shape index (κ3) is 3.23. The van der Waals surface area contributed by atoms with Gasteiger partial charge in [-0.15, -0.1) is 0 Å². The summed E-state index contributed by atoms with van der Waals surface area (Å²) in [6, 6.07) is 4.13. The number of nitrogens with one attached hydrogen (secondary N) is 1. The smallest absolute Gasteiger partial charge is 0.232 e. The third-order valence-corrected chi connectivity index (χ3v) is 4.83. The summed E-state index contributed by atoms with van der Waals surface area (Å²) < 4.78 is 7.36. The Morgan fingerprint density at radius 3 is 2.50 bits per heavy atom. The van der Waals surface area contributed by atoms with Crippen molar-refractivity contribution in [2.75, 3.05) is 12.4 Å². The predicted molar refractivity (Wildman–Crippen MR) is 105 cm³/mol. The Morgan fingerprint density at radius 1 is 1.12 bits per heavy atom. The van der Waals surface area contributed by atoms with E-state index in [-0.39, 0.29) is 0 Å². The topological polar surface area (TPSA) is 64.3 Å². The van der Waals surface area contributed by atoms with Crippen molar-refractivity contribution in [3.05, 3.63) is 40.8 Å². The summed E-state index contributed by atoms with van der Waals surface area (Å²) in [6.07, 6.45) is 4.05. The van der Waals surface area contributed by atoms with Crippen LogP contribution in [0.4, 0.5) is 11.6 Å². The zero-order valence-electron chi connectivity index (χ0n) is 16.4. The monoisotopic (exact) mass is 353 g/mol. The van der Waals surface area contributed by atoms with Crippen LogP contribution in [-0.2, 0) is 0 Å². The molecule has 1 aromatic carbocycles. The van der Waals surface area contributed by atoms with Crippen molar-refractivity contribution in [1.29, 1.82) is 0 Å². The molecule has 0 spiro atoms. The molecule has 0 bridgehead atoms. The zero-order valence-corrected chi connectivity index (χ0v) is 16.4. The van der Waals surface area contributed by atoms with Gasteiger partial charge in [-0.1, -0.05) is 19.9 Å². The molecule has 6 heteroatoms. The molecule has 0 saturated carbocycles. The molecule has 0 aliphatic carbocycles. The van der Waals surface area contributed by atoms with E-state index in [9.17, 15) is 0 Å². The molecular weight excluding hydrogens is 326 g/mol. The van der Waals surface area contributed by atoms with Crippen LogP contribution in [0.25, 0.3) is 5.65 Å². The van der Waals surface area contributed by atoms with E-state index in [0.29, 0.717) is 11.9 Å². The Bertz CT molecular complexity index is 928. The minimum absolute atomic E-state index is 0.449. The molecule has 0 aliphatic heterocycles. The Balaban J connectivity index is 2.12. The molecule has 6 nitrogen and oxygen atoms in total. The molecule has 0 unspecified atom stereocenters. The second-order valence-corrected chi connectivity index (χ2v) is 6.73. The lowest BCUT2D eigenvalue weighted by Crippen LogP contribution is -2.08. The number of aromatic nitrogens is 4. The molecule has 2 aromatic heterocycles. The quantitative estimate of drug-likeness (QED) is 0.695. The number of hydrogen-bond acceptors (Lipinski definition) is 5. The summed E-state index contributed by atoms with van der Waals surface area (Å²) in [4.78, 5) is 9.23. The van der Waals surface area contributed by atoms with Crippen molar-refractivity contribution in [2.24, 2.45) is 0 Å². The van der Waals surface area contributed by atoms with Crippen LogP contribution in [0.5, 0.6) is 5.75 Å². The van der Waals surface area contributed by atoms with E-state index in [4.69, 9.17) is 4.74 Å². The molecule has 2 heterocycles. The first kappa shape index (κ1) is 18.2. The summed E-state index contributed by atoms with van der Waals surface area (Å²) in [7, 11) is 1.68. The van der Waals surface area contributed by atoms with Gasteiger partial charge in [-0.2, -0.15) is 14.6 Å². The Labute approximate surface area is 154 Å². The number of methoxy groups -OCH3 is 1. The van der Waals surface area contributed by atoms with Crippen molar-refractivity contribution in [3.63, 3.8) is 0 Å². The summed E-state index contributed by atoms with van der Waals surface area (Å²) >= 11 is 0. The van der Waals surface area contributed by atoms with E-state index in [1.165, 1.54) is 5.56 Å². The van der Waals surface area contributed by atoms with Gasteiger partial charge in [-0.3, -0.25) is 0 Å². The molecule has 0 atom stereocenters. The van der Waals surface area contributed by atoms with Gasteiger partial charge < -0.3 is 10.1 Å². The molecule has 3 rings (SSSR count). The normalized spacial score (nSPS) is 11.3. The summed E-state index contributed by atoms with van der Waals surface area (Å²) in [6.45, 7) is 10.4. The third-order valence-electron chi connectivity index (χ3n) is 4.83. The maximum atomic E-state index is 5.56. The number of aryl methyl sites for hydroxylation is 3. The maximum absolute atomic E-state index is 5.56. The van der Waals surface area contributed by atoms with Gasteiger partial charge in [0.15, 0.2) is 5.65 Å². The number of rotatable bonds is 6. The SMILES string of the molecule is CCC(CC)c1cnn2c(Nc3c(C)cc(C)cc3OC)nc(C)nc12. The number of nitrogens with zero attached hydrogens (tertiary/aromatic N) is 4. The van der Waals surface area contributed by atoms with E-state index < -0.39 is 0 Å². The van der Waals surface area contributed by atoms with Crippen LogP contribution in [0.2, 0.25) is 0 Å². The van der Waals surface area contributed by atoms with Crippen LogP contribution in [0.15, 0.2) is 18.3 Å². The molecule has 0 radical (unpaired) electrons. The standard InChI is InChI=1S/C20H27N5O/c1-7-15(8-2)16-11-21-25-19(16)22-14(5)23-20(25)24-18-13(4)9-12(3)10-17(18)26-6/h9-11,15H,7-8H2,1-6H3,(H,22,23,24). The van der Waals surface area contributed by atoms with Gasteiger partial charge in [0.25, 0.3) is 0 Å². The van der Waals surface area contributed by atoms with Gasteiger partial charge in [-0.05, 0) is 56.7 Å². The van der Waals surface area contributed by atoms with Gasteiger partial charge in [0.1, 0.15) is 11.6 Å². The average molecular weight is 353 g/mol. The molecule has 0 saturated heterocycles. The van der Waals surface area contributed by atoms with Crippen LogP contribution < -0.4 is 10.1 Å². The number of anilines is 2. The summed E-state index contributed by atoms with van der Waals surface area (Å²) in [5, 5.41) is 7.98. The number of benzene rings is 1. The molecule has 26 heavy (non-hydrogen) atoms. The number of fused-ring (bicyclic) bond motifs is 1. The Kier molecular flexibility index (Phi) is 5.11. The van der Waals surface area contributed by atoms with Gasteiger partial charge >= 0.3 is 0 Å². The Morgan fingerprint density at radius 2 is 1.85 bits per heavy atom. The van der Waals surface area contributed by atoms with Crippen molar-refractivity contribution < 1.29 is 4.74 Å². The molecular formula is C20H27N5O. The van der Waals surface area contributed by atoms with E-state index in [2.05, 4.69) is 54.1 Å². The highest BCUT2D eigenvalue weighted by atomic mass is 16.5. The first-order chi connectivity index (χ1) is 12.5. The first-order valence-corrected chi connectivity index (χ1v) is 9.12. The second-order valence-electron chi connectivity index (χ2n) is 6.73. The fourth-order valence-electron chi connectivity index (χ4n) is 3.46. The highest BCUT2D eigenvalue weighted by Crippen LogP contribution is 2.33. The maximum Gasteiger partial charge on any atom is 0.232 e. The number of ether oxygens (including phenoxy) is 1. The first-order valence-electron chi connectivity index (χ1n) is 9.12. The lowest BCUT2D eigenvalue weighted by atomic mass is 9.96. The van der Waals surface area contributed by atoms with Crippen LogP contribution in [0.1, 0.15) is 55.1 Å². The van der Waals surface area contributed by atoms with Crippen LogP contribution in [0.3, 0.4) is 0 Å². The highest BCUT2D eigenvalue weighted by molar-refractivity contribution is 5.69.